The molecule has 1 amide bonds. The number of nitrogens with zero attached hydrogens (tertiary/aromatic N) is 3. The van der Waals surface area contributed by atoms with Crippen LogP contribution in [0.2, 0.25) is 0 Å². The average Bonchev–Trinajstić information content (AvgIpc) is 2.56. The highest BCUT2D eigenvalue weighted by atomic mass is 16.1. The molecular formula is C17H31N5O. The molecule has 0 aliphatic heterocycles. The summed E-state index contributed by atoms with van der Waals surface area (Å²) in [4.78, 5) is 22.5. The van der Waals surface area contributed by atoms with E-state index in [2.05, 4.69) is 46.3 Å². The molecule has 1 aromatic heterocycles. The first-order valence-electron chi connectivity index (χ1n) is 8.68. The van der Waals surface area contributed by atoms with Crippen LogP contribution in [0.4, 0.5) is 5.95 Å². The maximum Gasteiger partial charge on any atom is 0.222 e. The molecule has 6 heteroatoms. The first-order chi connectivity index (χ1) is 11.2. The van der Waals surface area contributed by atoms with Gasteiger partial charge in [0.15, 0.2) is 0 Å². The van der Waals surface area contributed by atoms with Gasteiger partial charge in [0.25, 0.3) is 0 Å². The summed E-state index contributed by atoms with van der Waals surface area (Å²) in [5.41, 5.74) is 0. The molecule has 0 spiro atoms. The van der Waals surface area contributed by atoms with Crippen LogP contribution in [0.25, 0.3) is 0 Å². The molecule has 1 rings (SSSR count). The highest BCUT2D eigenvalue weighted by Gasteiger charge is 2.08. The van der Waals surface area contributed by atoms with Crippen LogP contribution in [-0.2, 0) is 4.79 Å². The minimum absolute atomic E-state index is 0.121. The zero-order chi connectivity index (χ0) is 16.9. The maximum absolute atomic E-state index is 11.9. The van der Waals surface area contributed by atoms with Crippen LogP contribution in [0.5, 0.6) is 0 Å². The second kappa shape index (κ2) is 11.8. The molecule has 1 aromatic rings. The van der Waals surface area contributed by atoms with Gasteiger partial charge in [0.1, 0.15) is 0 Å². The van der Waals surface area contributed by atoms with Crippen molar-refractivity contribution in [2.45, 2.75) is 52.5 Å². The van der Waals surface area contributed by atoms with Gasteiger partial charge in [-0.3, -0.25) is 4.79 Å². The fourth-order valence-corrected chi connectivity index (χ4v) is 2.42. The van der Waals surface area contributed by atoms with Gasteiger partial charge in [-0.2, -0.15) is 0 Å². The molecule has 130 valence electrons. The van der Waals surface area contributed by atoms with Crippen molar-refractivity contribution in [1.29, 1.82) is 0 Å². The maximum atomic E-state index is 11.9. The molecule has 0 unspecified atom stereocenters. The molecule has 2 N–H and O–H groups in total. The number of carbonyl (C=O) groups excluding carboxylic acids is 1. The standard InChI is InChI=1S/C17H31N5O/c1-4-22(5-2)14-7-9-15(3)21-16(23)10-6-11-18-17-19-12-8-13-20-17/h8,12-13,15H,4-7,9-11,14H2,1-3H3,(H,21,23)(H,18,19,20)/t15-/m0/s1. The van der Waals surface area contributed by atoms with E-state index in [0.29, 0.717) is 18.9 Å². The van der Waals surface area contributed by atoms with Crippen molar-refractivity contribution < 1.29 is 4.79 Å². The molecule has 6 nitrogen and oxygen atoms in total. The van der Waals surface area contributed by atoms with Crippen molar-refractivity contribution in [1.82, 2.24) is 20.2 Å². The Hall–Kier alpha value is -1.69. The zero-order valence-corrected chi connectivity index (χ0v) is 14.7. The summed E-state index contributed by atoms with van der Waals surface area (Å²) in [5.74, 6) is 0.730. The summed E-state index contributed by atoms with van der Waals surface area (Å²) in [6.07, 6.45) is 6.84. The lowest BCUT2D eigenvalue weighted by molar-refractivity contribution is -0.121. The smallest absolute Gasteiger partial charge is 0.222 e. The van der Waals surface area contributed by atoms with Gasteiger partial charge in [0.2, 0.25) is 11.9 Å². The minimum Gasteiger partial charge on any atom is -0.354 e. The average molecular weight is 321 g/mol. The van der Waals surface area contributed by atoms with Crippen LogP contribution in [0.15, 0.2) is 18.5 Å². The lowest BCUT2D eigenvalue weighted by atomic mass is 10.1. The minimum atomic E-state index is 0.121. The number of nitrogens with one attached hydrogen (secondary N) is 2. The van der Waals surface area contributed by atoms with E-state index in [4.69, 9.17) is 0 Å². The highest BCUT2D eigenvalue weighted by Crippen LogP contribution is 2.01. The van der Waals surface area contributed by atoms with Crippen molar-refractivity contribution in [3.63, 3.8) is 0 Å². The van der Waals surface area contributed by atoms with Gasteiger partial charge in [0.05, 0.1) is 0 Å². The Bertz CT molecular complexity index is 422. The highest BCUT2D eigenvalue weighted by molar-refractivity contribution is 5.76. The van der Waals surface area contributed by atoms with Crippen LogP contribution >= 0.6 is 0 Å². The van der Waals surface area contributed by atoms with Crippen molar-refractivity contribution >= 4 is 11.9 Å². The van der Waals surface area contributed by atoms with Crippen LogP contribution in [0.3, 0.4) is 0 Å². The monoisotopic (exact) mass is 321 g/mol. The lowest BCUT2D eigenvalue weighted by Crippen LogP contribution is -2.33. The Balaban J connectivity index is 2.06. The molecule has 0 bridgehead atoms. The molecule has 0 aliphatic rings. The number of amides is 1. The fourth-order valence-electron chi connectivity index (χ4n) is 2.42. The topological polar surface area (TPSA) is 70.2 Å². The van der Waals surface area contributed by atoms with Gasteiger partial charge in [-0.15, -0.1) is 0 Å². The first kappa shape index (κ1) is 19.4. The number of hydrogen-bond donors (Lipinski definition) is 2. The molecular weight excluding hydrogens is 290 g/mol. The summed E-state index contributed by atoms with van der Waals surface area (Å²) in [6, 6.07) is 2.02. The largest absolute Gasteiger partial charge is 0.354 e. The van der Waals surface area contributed by atoms with Crippen molar-refractivity contribution in [2.75, 3.05) is 31.5 Å². The third-order valence-corrected chi connectivity index (χ3v) is 3.84. The van der Waals surface area contributed by atoms with E-state index < -0.39 is 0 Å². The summed E-state index contributed by atoms with van der Waals surface area (Å²) >= 11 is 0. The molecule has 0 radical (unpaired) electrons. The van der Waals surface area contributed by atoms with Crippen molar-refractivity contribution in [2.24, 2.45) is 0 Å². The molecule has 0 aromatic carbocycles. The van der Waals surface area contributed by atoms with E-state index in [0.717, 1.165) is 38.9 Å². The van der Waals surface area contributed by atoms with Gasteiger partial charge in [-0.1, -0.05) is 13.8 Å². The SMILES string of the molecule is CCN(CC)CCC[C@H](C)NC(=O)CCCNc1ncccn1. The van der Waals surface area contributed by atoms with E-state index in [1.807, 2.05) is 0 Å². The zero-order valence-electron chi connectivity index (χ0n) is 14.7. The van der Waals surface area contributed by atoms with Gasteiger partial charge in [-0.05, 0) is 51.9 Å². The number of carbonyl (C=O) groups is 1. The lowest BCUT2D eigenvalue weighted by Gasteiger charge is -2.19. The van der Waals surface area contributed by atoms with E-state index in [1.165, 1.54) is 0 Å². The third-order valence-electron chi connectivity index (χ3n) is 3.84. The predicted octanol–water partition coefficient (Wildman–Crippen LogP) is 2.30. The molecule has 0 aliphatic carbocycles. The summed E-state index contributed by atoms with van der Waals surface area (Å²) in [6.45, 7) is 10.4. The van der Waals surface area contributed by atoms with Gasteiger partial charge >= 0.3 is 0 Å². The second-order valence-corrected chi connectivity index (χ2v) is 5.74. The molecule has 1 atom stereocenters. The number of anilines is 1. The fraction of sp³-hybridized carbons (Fsp3) is 0.706. The summed E-state index contributed by atoms with van der Waals surface area (Å²) < 4.78 is 0. The van der Waals surface area contributed by atoms with E-state index in [9.17, 15) is 4.79 Å². The Morgan fingerprint density at radius 2 is 1.91 bits per heavy atom. The Morgan fingerprint density at radius 1 is 1.22 bits per heavy atom. The molecule has 1 heterocycles. The first-order valence-corrected chi connectivity index (χ1v) is 8.68. The van der Waals surface area contributed by atoms with E-state index in [-0.39, 0.29) is 11.9 Å². The number of rotatable bonds is 12. The van der Waals surface area contributed by atoms with Gasteiger partial charge < -0.3 is 15.5 Å². The molecule has 0 fully saturated rings. The third kappa shape index (κ3) is 9.13. The summed E-state index contributed by atoms with van der Waals surface area (Å²) in [5, 5.41) is 6.18. The molecule has 0 saturated carbocycles. The Kier molecular flexibility index (Phi) is 9.95. The van der Waals surface area contributed by atoms with Crippen LogP contribution in [0.1, 0.15) is 46.5 Å². The van der Waals surface area contributed by atoms with E-state index in [1.54, 1.807) is 18.5 Å². The second-order valence-electron chi connectivity index (χ2n) is 5.74. The van der Waals surface area contributed by atoms with Crippen molar-refractivity contribution in [3.05, 3.63) is 18.5 Å². The number of aromatic nitrogens is 2. The molecule has 23 heavy (non-hydrogen) atoms. The van der Waals surface area contributed by atoms with Crippen LogP contribution < -0.4 is 10.6 Å². The van der Waals surface area contributed by atoms with Gasteiger partial charge in [-0.25, -0.2) is 9.97 Å². The Morgan fingerprint density at radius 3 is 2.57 bits per heavy atom. The summed E-state index contributed by atoms with van der Waals surface area (Å²) in [7, 11) is 0. The van der Waals surface area contributed by atoms with Crippen LogP contribution in [-0.4, -0.2) is 53.0 Å². The van der Waals surface area contributed by atoms with Gasteiger partial charge in [0, 0.05) is 31.4 Å². The van der Waals surface area contributed by atoms with E-state index >= 15 is 0 Å². The Labute approximate surface area is 140 Å². The van der Waals surface area contributed by atoms with Crippen LogP contribution in [0, 0.1) is 0 Å². The predicted molar refractivity (Wildman–Crippen MR) is 94.4 cm³/mol. The normalized spacial score (nSPS) is 12.2. The quantitative estimate of drug-likeness (QED) is 0.578. The number of hydrogen-bond acceptors (Lipinski definition) is 5. The molecule has 0 saturated heterocycles. The van der Waals surface area contributed by atoms with Crippen molar-refractivity contribution in [3.8, 4) is 0 Å².